The minimum Gasteiger partial charge on any atom is -0.166 e. The molecule has 3 aromatic rings. The van der Waals surface area contributed by atoms with E-state index in [0.29, 0.717) is 0 Å². The molecule has 2 atom stereocenters. The zero-order valence-electron chi connectivity index (χ0n) is 15.7. The van der Waals surface area contributed by atoms with Gasteiger partial charge in [-0.05, 0) is 48.6 Å². The Morgan fingerprint density at radius 1 is 0.667 bits per heavy atom. The number of halogens is 3. The predicted molar refractivity (Wildman–Crippen MR) is 104 cm³/mol. The molecule has 0 heterocycles. The fraction of sp³-hybridized carbons (Fsp3) is 0.250. The van der Waals surface area contributed by atoms with Crippen LogP contribution < -0.4 is 0 Å². The van der Waals surface area contributed by atoms with Gasteiger partial charge in [-0.25, -0.2) is 0 Å². The maximum absolute atomic E-state index is 13.0. The third kappa shape index (κ3) is 4.41. The Kier molecular flexibility index (Phi) is 5.41. The van der Waals surface area contributed by atoms with E-state index in [1.165, 1.54) is 28.8 Å². The summed E-state index contributed by atoms with van der Waals surface area (Å²) in [5, 5.41) is 0. The molecule has 0 fully saturated rings. The number of hydrogen-bond donors (Lipinski definition) is 0. The molecule has 0 saturated heterocycles. The van der Waals surface area contributed by atoms with E-state index in [1.54, 1.807) is 12.1 Å². The first-order valence-corrected chi connectivity index (χ1v) is 9.06. The second kappa shape index (κ2) is 7.59. The van der Waals surface area contributed by atoms with E-state index in [4.69, 9.17) is 0 Å². The largest absolute Gasteiger partial charge is 0.416 e. The molecule has 0 aliphatic rings. The van der Waals surface area contributed by atoms with Crippen LogP contribution in [0.15, 0.2) is 72.8 Å². The average Bonchev–Trinajstić information content (AvgIpc) is 2.61. The highest BCUT2D eigenvalue weighted by Gasteiger charge is 2.31. The van der Waals surface area contributed by atoms with Gasteiger partial charge < -0.3 is 0 Å². The highest BCUT2D eigenvalue weighted by molar-refractivity contribution is 5.41. The molecule has 140 valence electrons. The zero-order chi connectivity index (χ0) is 19.6. The molecule has 0 N–H and O–H groups in total. The van der Waals surface area contributed by atoms with Gasteiger partial charge in [0.25, 0.3) is 0 Å². The van der Waals surface area contributed by atoms with Gasteiger partial charge in [-0.2, -0.15) is 13.2 Å². The van der Waals surface area contributed by atoms with Crippen LogP contribution >= 0.6 is 0 Å². The van der Waals surface area contributed by atoms with E-state index in [1.807, 2.05) is 30.3 Å². The van der Waals surface area contributed by atoms with Crippen LogP contribution in [-0.2, 0) is 6.18 Å². The lowest BCUT2D eigenvalue weighted by Gasteiger charge is -2.26. The van der Waals surface area contributed by atoms with E-state index in [-0.39, 0.29) is 11.8 Å². The minimum atomic E-state index is -4.32. The molecular weight excluding hydrogens is 345 g/mol. The Morgan fingerprint density at radius 2 is 1.19 bits per heavy atom. The maximum atomic E-state index is 13.0. The fourth-order valence-corrected chi connectivity index (χ4v) is 3.77. The summed E-state index contributed by atoms with van der Waals surface area (Å²) in [7, 11) is 0. The second-order valence-corrected chi connectivity index (χ2v) is 7.22. The number of alkyl halides is 3. The van der Waals surface area contributed by atoms with E-state index < -0.39 is 11.7 Å². The van der Waals surface area contributed by atoms with Crippen molar-refractivity contribution in [2.45, 2.75) is 38.8 Å². The summed E-state index contributed by atoms with van der Waals surface area (Å²) in [6.45, 7) is 6.28. The molecule has 0 saturated carbocycles. The van der Waals surface area contributed by atoms with Crippen molar-refractivity contribution in [2.24, 2.45) is 0 Å². The molecule has 3 aromatic carbocycles. The van der Waals surface area contributed by atoms with E-state index >= 15 is 0 Å². The lowest BCUT2D eigenvalue weighted by atomic mass is 9.77. The van der Waals surface area contributed by atoms with E-state index in [0.717, 1.165) is 11.1 Å². The Hall–Kier alpha value is -2.55. The Morgan fingerprint density at radius 3 is 1.70 bits per heavy atom. The summed E-state index contributed by atoms with van der Waals surface area (Å²) in [6, 6.07) is 22.0. The highest BCUT2D eigenvalue weighted by Crippen LogP contribution is 2.40. The van der Waals surface area contributed by atoms with Gasteiger partial charge in [0.1, 0.15) is 0 Å². The van der Waals surface area contributed by atoms with E-state index in [9.17, 15) is 13.2 Å². The van der Waals surface area contributed by atoms with Gasteiger partial charge in [0, 0.05) is 5.92 Å². The standard InChI is InChI=1S/C24H23F3/c1-16-13-17(2)15-21(14-16)18(3)23(19-7-5-4-6-8-19)20-9-11-22(12-10-20)24(25,26)27/h4-15,18,23H,1-3H3/t18-,23-/m0/s1. The van der Waals surface area contributed by atoms with Crippen LogP contribution in [0.2, 0.25) is 0 Å². The van der Waals surface area contributed by atoms with Crippen LogP contribution in [-0.4, -0.2) is 0 Å². The predicted octanol–water partition coefficient (Wildman–Crippen LogP) is 7.26. The van der Waals surface area contributed by atoms with Gasteiger partial charge in [0.05, 0.1) is 5.56 Å². The van der Waals surface area contributed by atoms with Crippen molar-refractivity contribution in [3.8, 4) is 0 Å². The van der Waals surface area contributed by atoms with Gasteiger partial charge in [0.2, 0.25) is 0 Å². The number of hydrogen-bond acceptors (Lipinski definition) is 0. The summed E-state index contributed by atoms with van der Waals surface area (Å²) in [5.41, 5.74) is 4.95. The summed E-state index contributed by atoms with van der Waals surface area (Å²) in [4.78, 5) is 0. The third-order valence-corrected chi connectivity index (χ3v) is 5.03. The van der Waals surface area contributed by atoms with Crippen molar-refractivity contribution in [1.82, 2.24) is 0 Å². The molecule has 0 aliphatic heterocycles. The summed E-state index contributed by atoms with van der Waals surface area (Å²) in [5.74, 6) is 0.109. The van der Waals surface area contributed by atoms with Crippen molar-refractivity contribution in [3.63, 3.8) is 0 Å². The molecule has 0 aromatic heterocycles. The maximum Gasteiger partial charge on any atom is 0.416 e. The van der Waals surface area contributed by atoms with Gasteiger partial charge in [-0.3, -0.25) is 0 Å². The monoisotopic (exact) mass is 368 g/mol. The molecule has 27 heavy (non-hydrogen) atoms. The lowest BCUT2D eigenvalue weighted by molar-refractivity contribution is -0.137. The van der Waals surface area contributed by atoms with Crippen LogP contribution in [0.1, 0.15) is 52.1 Å². The van der Waals surface area contributed by atoms with Crippen LogP contribution in [0.3, 0.4) is 0 Å². The highest BCUT2D eigenvalue weighted by atomic mass is 19.4. The quantitative estimate of drug-likeness (QED) is 0.455. The SMILES string of the molecule is Cc1cc(C)cc([C@H](C)[C@@H](c2ccccc2)c2ccc(C(F)(F)F)cc2)c1. The van der Waals surface area contributed by atoms with Gasteiger partial charge in [0.15, 0.2) is 0 Å². The van der Waals surface area contributed by atoms with Crippen molar-refractivity contribution in [3.05, 3.63) is 106 Å². The number of aryl methyl sites for hydroxylation is 2. The Bertz CT molecular complexity index is 873. The van der Waals surface area contributed by atoms with Crippen molar-refractivity contribution in [2.75, 3.05) is 0 Å². The number of benzene rings is 3. The molecule has 3 rings (SSSR count). The van der Waals surface area contributed by atoms with Crippen LogP contribution in [0.4, 0.5) is 13.2 Å². The first-order chi connectivity index (χ1) is 12.8. The smallest absolute Gasteiger partial charge is 0.166 e. The summed E-state index contributed by atoms with van der Waals surface area (Å²) >= 11 is 0. The van der Waals surface area contributed by atoms with Crippen molar-refractivity contribution < 1.29 is 13.2 Å². The zero-order valence-corrected chi connectivity index (χ0v) is 15.7. The van der Waals surface area contributed by atoms with Crippen molar-refractivity contribution >= 4 is 0 Å². The van der Waals surface area contributed by atoms with Gasteiger partial charge in [-0.1, -0.05) is 78.7 Å². The molecule has 0 radical (unpaired) electrons. The fourth-order valence-electron chi connectivity index (χ4n) is 3.77. The first-order valence-electron chi connectivity index (χ1n) is 9.06. The first kappa shape index (κ1) is 19.2. The Labute approximate surface area is 158 Å². The minimum absolute atomic E-state index is 0.0188. The van der Waals surface area contributed by atoms with Gasteiger partial charge in [-0.15, -0.1) is 0 Å². The Balaban J connectivity index is 2.06. The third-order valence-electron chi connectivity index (χ3n) is 5.03. The molecule has 0 unspecified atom stereocenters. The van der Waals surface area contributed by atoms with Crippen LogP contribution in [0, 0.1) is 13.8 Å². The molecule has 0 aliphatic carbocycles. The van der Waals surface area contributed by atoms with Crippen molar-refractivity contribution in [1.29, 1.82) is 0 Å². The summed E-state index contributed by atoms with van der Waals surface area (Å²) < 4.78 is 38.9. The average molecular weight is 368 g/mol. The second-order valence-electron chi connectivity index (χ2n) is 7.22. The topological polar surface area (TPSA) is 0 Å². The molecule has 3 heteroatoms. The molecular formula is C24H23F3. The molecule has 0 amide bonds. The van der Waals surface area contributed by atoms with E-state index in [2.05, 4.69) is 39.0 Å². The molecule has 0 spiro atoms. The molecule has 0 bridgehead atoms. The summed E-state index contributed by atoms with van der Waals surface area (Å²) in [6.07, 6.45) is -4.32. The van der Waals surface area contributed by atoms with Crippen LogP contribution in [0.5, 0.6) is 0 Å². The number of rotatable bonds is 4. The normalized spacial score (nSPS) is 14.0. The molecule has 0 nitrogen and oxygen atoms in total. The van der Waals surface area contributed by atoms with Gasteiger partial charge >= 0.3 is 6.18 Å². The lowest BCUT2D eigenvalue weighted by Crippen LogP contribution is -2.12. The van der Waals surface area contributed by atoms with Crippen LogP contribution in [0.25, 0.3) is 0 Å².